The van der Waals surface area contributed by atoms with Crippen LogP contribution in [0.3, 0.4) is 0 Å². The van der Waals surface area contributed by atoms with Gasteiger partial charge in [0.2, 0.25) is 5.91 Å². The molecule has 0 radical (unpaired) electrons. The number of amides is 1. The van der Waals surface area contributed by atoms with Gasteiger partial charge in [-0.1, -0.05) is 0 Å². The Bertz CT molecular complexity index is 286. The number of piperazine rings is 1. The van der Waals surface area contributed by atoms with E-state index in [1.165, 1.54) is 12.8 Å². The maximum absolute atomic E-state index is 12.3. The second kappa shape index (κ2) is 4.94. The average molecular weight is 239 g/mol. The minimum absolute atomic E-state index is 0.0941. The van der Waals surface area contributed by atoms with Crippen LogP contribution in [0.5, 0.6) is 0 Å². The molecule has 1 aliphatic heterocycles. The van der Waals surface area contributed by atoms with Crippen LogP contribution < -0.4 is 5.32 Å². The first kappa shape index (κ1) is 12.8. The number of rotatable bonds is 4. The van der Waals surface area contributed by atoms with Gasteiger partial charge in [-0.2, -0.15) is 0 Å². The summed E-state index contributed by atoms with van der Waals surface area (Å²) < 4.78 is 0. The predicted molar refractivity (Wildman–Crippen MR) is 68.9 cm³/mol. The van der Waals surface area contributed by atoms with Gasteiger partial charge in [0.15, 0.2) is 0 Å². The number of nitrogens with one attached hydrogen (secondary N) is 1. The molecule has 1 saturated carbocycles. The Morgan fingerprint density at radius 3 is 2.71 bits per heavy atom. The molecule has 2 aliphatic rings. The van der Waals surface area contributed by atoms with Crippen molar-refractivity contribution in [1.82, 2.24) is 15.1 Å². The zero-order valence-corrected chi connectivity index (χ0v) is 11.3. The summed E-state index contributed by atoms with van der Waals surface area (Å²) in [6.45, 7) is 10.9. The average Bonchev–Trinajstić information content (AvgIpc) is 3.06. The van der Waals surface area contributed by atoms with Crippen molar-refractivity contribution in [2.24, 2.45) is 0 Å². The molecule has 1 aliphatic carbocycles. The fourth-order valence-electron chi connectivity index (χ4n) is 2.59. The van der Waals surface area contributed by atoms with Gasteiger partial charge in [0.1, 0.15) is 0 Å². The lowest BCUT2D eigenvalue weighted by atomic mass is 10.0. The molecule has 0 bridgehead atoms. The normalized spacial score (nSPS) is 24.6. The highest BCUT2D eigenvalue weighted by molar-refractivity contribution is 5.79. The van der Waals surface area contributed by atoms with Gasteiger partial charge in [-0.05, 0) is 33.6 Å². The van der Waals surface area contributed by atoms with Gasteiger partial charge in [0.25, 0.3) is 0 Å². The molecule has 2 fully saturated rings. The zero-order chi connectivity index (χ0) is 12.5. The van der Waals surface area contributed by atoms with Gasteiger partial charge >= 0.3 is 0 Å². The highest BCUT2D eigenvalue weighted by Gasteiger charge is 2.35. The number of likely N-dealkylation sites (N-methyl/N-ethyl adjacent to an activating group) is 1. The van der Waals surface area contributed by atoms with Gasteiger partial charge in [-0.15, -0.1) is 0 Å². The third-order valence-electron chi connectivity index (χ3n) is 3.95. The molecular formula is C13H25N3O. The minimum atomic E-state index is 0.0941. The van der Waals surface area contributed by atoms with E-state index in [9.17, 15) is 4.79 Å². The highest BCUT2D eigenvalue weighted by atomic mass is 16.2. The Kier molecular flexibility index (Phi) is 3.73. The summed E-state index contributed by atoms with van der Waals surface area (Å²) in [6, 6.07) is 0.540. The van der Waals surface area contributed by atoms with Crippen LogP contribution in [0.1, 0.15) is 33.6 Å². The molecule has 1 saturated heterocycles. The van der Waals surface area contributed by atoms with Gasteiger partial charge in [-0.3, -0.25) is 9.69 Å². The maximum Gasteiger partial charge on any atom is 0.237 e. The topological polar surface area (TPSA) is 35.6 Å². The van der Waals surface area contributed by atoms with Crippen LogP contribution in [-0.2, 0) is 4.79 Å². The van der Waals surface area contributed by atoms with Crippen molar-refractivity contribution in [2.75, 3.05) is 32.7 Å². The van der Waals surface area contributed by atoms with Gasteiger partial charge in [-0.25, -0.2) is 0 Å². The molecular weight excluding hydrogens is 214 g/mol. The first-order chi connectivity index (χ1) is 8.04. The Morgan fingerprint density at radius 1 is 1.47 bits per heavy atom. The third-order valence-corrected chi connectivity index (χ3v) is 3.95. The van der Waals surface area contributed by atoms with Gasteiger partial charge in [0.05, 0.1) is 6.54 Å². The van der Waals surface area contributed by atoms with Crippen LogP contribution in [0, 0.1) is 0 Å². The molecule has 98 valence electrons. The number of hydrogen-bond donors (Lipinski definition) is 1. The first-order valence-electron chi connectivity index (χ1n) is 6.80. The Hall–Kier alpha value is -0.610. The van der Waals surface area contributed by atoms with Gasteiger partial charge in [0, 0.05) is 37.8 Å². The molecule has 2 rings (SSSR count). The van der Waals surface area contributed by atoms with E-state index in [4.69, 9.17) is 0 Å². The van der Waals surface area contributed by atoms with Crippen molar-refractivity contribution in [3.05, 3.63) is 0 Å². The predicted octanol–water partition coefficient (Wildman–Crippen LogP) is 0.681. The SMILES string of the molecule is CCN(C(=O)CN1CCNCC1(C)C)C1CC1. The van der Waals surface area contributed by atoms with Crippen LogP contribution in [0.15, 0.2) is 0 Å². The smallest absolute Gasteiger partial charge is 0.237 e. The summed E-state index contributed by atoms with van der Waals surface area (Å²) in [7, 11) is 0. The minimum Gasteiger partial charge on any atom is -0.339 e. The summed E-state index contributed by atoms with van der Waals surface area (Å²) >= 11 is 0. The third kappa shape index (κ3) is 2.99. The number of hydrogen-bond acceptors (Lipinski definition) is 3. The van der Waals surface area contributed by atoms with Crippen LogP contribution >= 0.6 is 0 Å². The second-order valence-electron chi connectivity index (χ2n) is 5.82. The summed E-state index contributed by atoms with van der Waals surface area (Å²) in [6.07, 6.45) is 2.40. The monoisotopic (exact) mass is 239 g/mol. The number of carbonyl (C=O) groups is 1. The Balaban J connectivity index is 1.92. The molecule has 0 spiro atoms. The molecule has 0 aromatic rings. The molecule has 0 unspecified atom stereocenters. The molecule has 4 heteroatoms. The van der Waals surface area contributed by atoms with Crippen molar-refractivity contribution >= 4 is 5.91 Å². The highest BCUT2D eigenvalue weighted by Crippen LogP contribution is 2.27. The lowest BCUT2D eigenvalue weighted by Gasteiger charge is -2.43. The van der Waals surface area contributed by atoms with Gasteiger partial charge < -0.3 is 10.2 Å². The summed E-state index contributed by atoms with van der Waals surface area (Å²) in [5.41, 5.74) is 0.0941. The lowest BCUT2D eigenvalue weighted by Crippen LogP contribution is -2.60. The van der Waals surface area contributed by atoms with E-state index in [2.05, 4.69) is 35.9 Å². The summed E-state index contributed by atoms with van der Waals surface area (Å²) in [5.74, 6) is 0.310. The Morgan fingerprint density at radius 2 is 2.18 bits per heavy atom. The van der Waals surface area contributed by atoms with E-state index in [0.717, 1.165) is 26.2 Å². The van der Waals surface area contributed by atoms with Crippen LogP contribution in [-0.4, -0.2) is 60.0 Å². The van der Waals surface area contributed by atoms with Crippen molar-refractivity contribution in [3.63, 3.8) is 0 Å². The van der Waals surface area contributed by atoms with Crippen molar-refractivity contribution in [3.8, 4) is 0 Å². The first-order valence-corrected chi connectivity index (χ1v) is 6.80. The molecule has 4 nitrogen and oxygen atoms in total. The van der Waals surface area contributed by atoms with Crippen LogP contribution in [0.4, 0.5) is 0 Å². The molecule has 1 N–H and O–H groups in total. The van der Waals surface area contributed by atoms with Crippen molar-refractivity contribution < 1.29 is 4.79 Å². The fraction of sp³-hybridized carbons (Fsp3) is 0.923. The molecule has 0 aromatic carbocycles. The van der Waals surface area contributed by atoms with E-state index in [-0.39, 0.29) is 5.54 Å². The fourth-order valence-corrected chi connectivity index (χ4v) is 2.59. The quantitative estimate of drug-likeness (QED) is 0.784. The largest absolute Gasteiger partial charge is 0.339 e. The van der Waals surface area contributed by atoms with Crippen molar-refractivity contribution in [1.29, 1.82) is 0 Å². The second-order valence-corrected chi connectivity index (χ2v) is 5.82. The van der Waals surface area contributed by atoms with Crippen molar-refractivity contribution in [2.45, 2.75) is 45.2 Å². The van der Waals surface area contributed by atoms with E-state index in [0.29, 0.717) is 18.5 Å². The van der Waals surface area contributed by atoms with E-state index < -0.39 is 0 Å². The number of carbonyl (C=O) groups excluding carboxylic acids is 1. The maximum atomic E-state index is 12.3. The number of nitrogens with zero attached hydrogens (tertiary/aromatic N) is 2. The standard InChI is InChI=1S/C13H25N3O/c1-4-16(11-5-6-11)12(17)9-15-8-7-14-10-13(15,2)3/h11,14H,4-10H2,1-3H3. The molecule has 1 amide bonds. The summed E-state index contributed by atoms with van der Waals surface area (Å²) in [4.78, 5) is 16.6. The molecule has 0 atom stereocenters. The van der Waals surface area contributed by atoms with E-state index in [1.54, 1.807) is 0 Å². The zero-order valence-electron chi connectivity index (χ0n) is 11.3. The van der Waals surface area contributed by atoms with E-state index >= 15 is 0 Å². The van der Waals surface area contributed by atoms with E-state index in [1.807, 2.05) is 0 Å². The summed E-state index contributed by atoms with van der Waals surface area (Å²) in [5, 5.41) is 3.39. The Labute approximate surface area is 104 Å². The molecule has 17 heavy (non-hydrogen) atoms. The van der Waals surface area contributed by atoms with Crippen LogP contribution in [0.2, 0.25) is 0 Å². The lowest BCUT2D eigenvalue weighted by molar-refractivity contribution is -0.134. The van der Waals surface area contributed by atoms with Crippen LogP contribution in [0.25, 0.3) is 0 Å². The molecule has 1 heterocycles. The molecule has 0 aromatic heterocycles.